The molecule has 1 amide bonds. The van der Waals surface area contributed by atoms with Crippen LogP contribution >= 0.6 is 11.3 Å². The van der Waals surface area contributed by atoms with E-state index >= 15 is 0 Å². The molecule has 0 bridgehead atoms. The van der Waals surface area contributed by atoms with Crippen molar-refractivity contribution in [3.8, 4) is 11.5 Å². The number of carbonyl (C=O) groups is 1. The maximum Gasteiger partial charge on any atom is 0.281 e. The molecule has 1 N–H and O–H groups in total. The summed E-state index contributed by atoms with van der Waals surface area (Å²) in [5.41, 5.74) is 3.42. The van der Waals surface area contributed by atoms with Crippen LogP contribution in [0.5, 0.6) is 11.5 Å². The lowest BCUT2D eigenvalue weighted by Gasteiger charge is -2.05. The quantitative estimate of drug-likeness (QED) is 0.504. The van der Waals surface area contributed by atoms with E-state index in [1.165, 1.54) is 17.6 Å². The van der Waals surface area contributed by atoms with Gasteiger partial charge < -0.3 is 13.9 Å². The second-order valence-electron chi connectivity index (χ2n) is 5.40. The third kappa shape index (κ3) is 4.52. The lowest BCUT2D eigenvalue weighted by atomic mass is 10.3. The summed E-state index contributed by atoms with van der Waals surface area (Å²) < 4.78 is 16.3. The maximum atomic E-state index is 12.0. The number of amides is 1. The summed E-state index contributed by atoms with van der Waals surface area (Å²) in [7, 11) is 1.62. The topological polar surface area (TPSA) is 73.1 Å². The number of rotatable bonds is 7. The number of nitrogens with one attached hydrogen (secondary N) is 1. The number of methoxy groups -OCH3 is 1. The molecule has 0 saturated carbocycles. The number of thiophene rings is 1. The Bertz CT molecular complexity index is 896. The second-order valence-corrected chi connectivity index (χ2v) is 6.32. The van der Waals surface area contributed by atoms with Crippen LogP contribution in [-0.2, 0) is 6.61 Å². The molecule has 26 heavy (non-hydrogen) atoms. The van der Waals surface area contributed by atoms with Crippen LogP contribution in [0, 0.1) is 6.92 Å². The molecule has 0 atom stereocenters. The predicted molar refractivity (Wildman–Crippen MR) is 100 cm³/mol. The molecule has 1 aromatic carbocycles. The van der Waals surface area contributed by atoms with Crippen LogP contribution in [0.15, 0.2) is 57.4 Å². The molecule has 134 valence electrons. The van der Waals surface area contributed by atoms with Crippen LogP contribution in [-0.4, -0.2) is 19.2 Å². The van der Waals surface area contributed by atoms with Crippen molar-refractivity contribution in [3.63, 3.8) is 0 Å². The SMILES string of the molecule is COc1ccc(OCc2ccc(/C=N/NC(=O)c3sccc3C)o2)cc1. The Kier molecular flexibility index (Phi) is 5.70. The fourth-order valence-electron chi connectivity index (χ4n) is 2.18. The smallest absolute Gasteiger partial charge is 0.281 e. The van der Waals surface area contributed by atoms with E-state index in [1.807, 2.05) is 42.6 Å². The van der Waals surface area contributed by atoms with Crippen molar-refractivity contribution in [1.82, 2.24) is 5.43 Å². The summed E-state index contributed by atoms with van der Waals surface area (Å²) in [5.74, 6) is 2.44. The molecule has 7 heteroatoms. The molecule has 0 aliphatic rings. The van der Waals surface area contributed by atoms with Gasteiger partial charge in [-0.25, -0.2) is 5.43 Å². The van der Waals surface area contributed by atoms with Gasteiger partial charge in [0.15, 0.2) is 0 Å². The number of benzene rings is 1. The lowest BCUT2D eigenvalue weighted by Crippen LogP contribution is -2.17. The first-order chi connectivity index (χ1) is 12.7. The van der Waals surface area contributed by atoms with Gasteiger partial charge in [0.2, 0.25) is 0 Å². The number of nitrogens with zero attached hydrogens (tertiary/aromatic N) is 1. The Labute approximate surface area is 155 Å². The molecule has 6 nitrogen and oxygen atoms in total. The van der Waals surface area contributed by atoms with Crippen molar-refractivity contribution in [2.24, 2.45) is 5.10 Å². The van der Waals surface area contributed by atoms with E-state index < -0.39 is 0 Å². The summed E-state index contributed by atoms with van der Waals surface area (Å²) in [6.07, 6.45) is 1.46. The first kappa shape index (κ1) is 17.8. The average molecular weight is 370 g/mol. The van der Waals surface area contributed by atoms with Crippen LogP contribution in [0.1, 0.15) is 26.8 Å². The van der Waals surface area contributed by atoms with Crippen molar-refractivity contribution in [1.29, 1.82) is 0 Å². The summed E-state index contributed by atoms with van der Waals surface area (Å²) in [6.45, 7) is 2.18. The third-order valence-electron chi connectivity index (χ3n) is 3.55. The Morgan fingerprint density at radius 1 is 1.19 bits per heavy atom. The fourth-order valence-corrected chi connectivity index (χ4v) is 2.99. The molecule has 0 radical (unpaired) electrons. The molecular formula is C19H18N2O4S. The average Bonchev–Trinajstić information content (AvgIpc) is 3.29. The Morgan fingerprint density at radius 2 is 1.96 bits per heavy atom. The van der Waals surface area contributed by atoms with Gasteiger partial charge in [-0.2, -0.15) is 5.10 Å². The Morgan fingerprint density at radius 3 is 2.65 bits per heavy atom. The number of hydrogen-bond acceptors (Lipinski definition) is 6. The monoisotopic (exact) mass is 370 g/mol. The van der Waals surface area contributed by atoms with Crippen LogP contribution in [0.25, 0.3) is 0 Å². The van der Waals surface area contributed by atoms with E-state index in [-0.39, 0.29) is 5.91 Å². The highest BCUT2D eigenvalue weighted by Crippen LogP contribution is 2.19. The maximum absolute atomic E-state index is 12.0. The van der Waals surface area contributed by atoms with E-state index in [2.05, 4.69) is 10.5 Å². The molecule has 0 fully saturated rings. The zero-order valence-corrected chi connectivity index (χ0v) is 15.2. The minimum absolute atomic E-state index is 0.233. The molecule has 0 spiro atoms. The van der Waals surface area contributed by atoms with Crippen molar-refractivity contribution in [3.05, 3.63) is 69.8 Å². The second kappa shape index (κ2) is 8.35. The third-order valence-corrected chi connectivity index (χ3v) is 4.56. The number of carbonyl (C=O) groups excluding carboxylic acids is 1. The van der Waals surface area contributed by atoms with Crippen molar-refractivity contribution in [2.75, 3.05) is 7.11 Å². The molecule has 0 unspecified atom stereocenters. The van der Waals surface area contributed by atoms with Gasteiger partial charge in [0.25, 0.3) is 5.91 Å². The summed E-state index contributed by atoms with van der Waals surface area (Å²) in [4.78, 5) is 12.6. The van der Waals surface area contributed by atoms with Gasteiger partial charge in [-0.3, -0.25) is 4.79 Å². The standard InChI is InChI=1S/C19H18N2O4S/c1-13-9-10-26-18(13)19(22)21-20-11-16-7-8-17(25-16)12-24-15-5-3-14(23-2)4-6-15/h3-11H,12H2,1-2H3,(H,21,22)/b20-11+. The lowest BCUT2D eigenvalue weighted by molar-refractivity contribution is 0.0958. The summed E-state index contributed by atoms with van der Waals surface area (Å²) in [6, 6.07) is 12.8. The minimum Gasteiger partial charge on any atom is -0.497 e. The predicted octanol–water partition coefficient (Wildman–Crippen LogP) is 4.00. The van der Waals surface area contributed by atoms with Crippen LogP contribution in [0.2, 0.25) is 0 Å². The zero-order chi connectivity index (χ0) is 18.4. The molecule has 0 aliphatic heterocycles. The fraction of sp³-hybridized carbons (Fsp3) is 0.158. The number of furan rings is 1. The van der Waals surface area contributed by atoms with Crippen molar-refractivity contribution >= 4 is 23.5 Å². The van der Waals surface area contributed by atoms with E-state index in [1.54, 1.807) is 19.2 Å². The van der Waals surface area contributed by atoms with Gasteiger partial charge in [-0.1, -0.05) is 0 Å². The van der Waals surface area contributed by atoms with Crippen LogP contribution < -0.4 is 14.9 Å². The molecule has 3 aromatic rings. The van der Waals surface area contributed by atoms with Crippen molar-refractivity contribution < 1.29 is 18.7 Å². The van der Waals surface area contributed by atoms with Crippen molar-refractivity contribution in [2.45, 2.75) is 13.5 Å². The highest BCUT2D eigenvalue weighted by Gasteiger charge is 2.09. The number of hydrogen-bond donors (Lipinski definition) is 1. The molecular weight excluding hydrogens is 352 g/mol. The number of hydrazone groups is 1. The van der Waals surface area contributed by atoms with Gasteiger partial charge in [0, 0.05) is 0 Å². The van der Waals surface area contributed by atoms with Crippen LogP contribution in [0.4, 0.5) is 0 Å². The van der Waals surface area contributed by atoms with Gasteiger partial charge in [0.1, 0.15) is 29.6 Å². The number of aryl methyl sites for hydroxylation is 1. The van der Waals surface area contributed by atoms with Gasteiger partial charge in [-0.05, 0) is 60.3 Å². The normalized spacial score (nSPS) is 10.8. The summed E-state index contributed by atoms with van der Waals surface area (Å²) in [5, 5.41) is 5.79. The van der Waals surface area contributed by atoms with Crippen LogP contribution in [0.3, 0.4) is 0 Å². The largest absolute Gasteiger partial charge is 0.497 e. The summed E-state index contributed by atoms with van der Waals surface area (Å²) >= 11 is 1.38. The van der Waals surface area contributed by atoms with Gasteiger partial charge in [-0.15, -0.1) is 11.3 Å². The Hall–Kier alpha value is -3.06. The molecule has 3 rings (SSSR count). The molecule has 2 heterocycles. The van der Waals surface area contributed by atoms with E-state index in [4.69, 9.17) is 13.9 Å². The molecule has 0 aliphatic carbocycles. The molecule has 2 aromatic heterocycles. The highest BCUT2D eigenvalue weighted by atomic mass is 32.1. The number of ether oxygens (including phenoxy) is 2. The van der Waals surface area contributed by atoms with E-state index in [0.29, 0.717) is 23.0 Å². The van der Waals surface area contributed by atoms with Gasteiger partial charge >= 0.3 is 0 Å². The Balaban J connectivity index is 1.51. The first-order valence-corrected chi connectivity index (χ1v) is 8.77. The first-order valence-electron chi connectivity index (χ1n) is 7.89. The minimum atomic E-state index is -0.233. The highest BCUT2D eigenvalue weighted by molar-refractivity contribution is 7.12. The zero-order valence-electron chi connectivity index (χ0n) is 14.4. The van der Waals surface area contributed by atoms with Gasteiger partial charge in [0.05, 0.1) is 18.2 Å². The van der Waals surface area contributed by atoms with E-state index in [9.17, 15) is 4.79 Å². The van der Waals surface area contributed by atoms with E-state index in [0.717, 1.165) is 17.1 Å². The molecule has 0 saturated heterocycles.